The number of hydrogen-bond donors (Lipinski definition) is 1. The highest BCUT2D eigenvalue weighted by molar-refractivity contribution is 5.93. The second kappa shape index (κ2) is 7.12. The van der Waals surface area contributed by atoms with Crippen molar-refractivity contribution in [1.29, 1.82) is 0 Å². The summed E-state index contributed by atoms with van der Waals surface area (Å²) in [5.41, 5.74) is 2.41. The molecule has 2 aromatic rings. The van der Waals surface area contributed by atoms with Gasteiger partial charge in [-0.1, -0.05) is 6.07 Å². The third-order valence-corrected chi connectivity index (χ3v) is 3.95. The fourth-order valence-electron chi connectivity index (χ4n) is 2.68. The van der Waals surface area contributed by atoms with Gasteiger partial charge in [0.1, 0.15) is 5.69 Å². The van der Waals surface area contributed by atoms with Crippen LogP contribution in [0.25, 0.3) is 0 Å². The maximum Gasteiger partial charge on any atom is 0.337 e. The minimum absolute atomic E-state index is 0.0215. The van der Waals surface area contributed by atoms with Gasteiger partial charge in [-0.2, -0.15) is 0 Å². The van der Waals surface area contributed by atoms with Gasteiger partial charge >= 0.3 is 5.97 Å². The van der Waals surface area contributed by atoms with Crippen molar-refractivity contribution in [3.05, 3.63) is 53.9 Å². The van der Waals surface area contributed by atoms with Gasteiger partial charge in [0, 0.05) is 18.8 Å². The highest BCUT2D eigenvalue weighted by Crippen LogP contribution is 2.19. The second-order valence-corrected chi connectivity index (χ2v) is 5.63. The Bertz CT molecular complexity index is 737. The van der Waals surface area contributed by atoms with Gasteiger partial charge in [-0.15, -0.1) is 0 Å². The van der Waals surface area contributed by atoms with Gasteiger partial charge in [0.05, 0.1) is 24.6 Å². The van der Waals surface area contributed by atoms with Gasteiger partial charge in [-0.3, -0.25) is 4.79 Å². The van der Waals surface area contributed by atoms with Crippen molar-refractivity contribution in [2.75, 3.05) is 25.5 Å². The molecule has 1 aliphatic heterocycles. The van der Waals surface area contributed by atoms with Gasteiger partial charge in [0.2, 0.25) is 0 Å². The Morgan fingerprint density at radius 2 is 1.92 bits per heavy atom. The molecule has 1 N–H and O–H groups in total. The topological polar surface area (TPSA) is 71.5 Å². The van der Waals surface area contributed by atoms with Gasteiger partial charge in [0.15, 0.2) is 0 Å². The van der Waals surface area contributed by atoms with Crippen LogP contribution in [0.15, 0.2) is 42.6 Å². The molecule has 1 saturated heterocycles. The summed E-state index contributed by atoms with van der Waals surface area (Å²) < 4.78 is 4.71. The van der Waals surface area contributed by atoms with Crippen LogP contribution in [0.4, 0.5) is 11.4 Å². The number of methoxy groups -OCH3 is 1. The molecule has 3 rings (SSSR count). The lowest BCUT2D eigenvalue weighted by molar-refractivity contribution is 0.0600. The SMILES string of the molecule is COC(=O)c1cccc(Nc2ccc(C(=O)N3CCCC3)nc2)c1. The fraction of sp³-hybridized carbons (Fsp3) is 0.278. The van der Waals surface area contributed by atoms with Crippen molar-refractivity contribution >= 4 is 23.3 Å². The lowest BCUT2D eigenvalue weighted by Crippen LogP contribution is -2.28. The molecule has 1 aromatic carbocycles. The Hall–Kier alpha value is -2.89. The highest BCUT2D eigenvalue weighted by Gasteiger charge is 2.20. The number of anilines is 2. The predicted octanol–water partition coefficient (Wildman–Crippen LogP) is 2.85. The molecule has 0 unspecified atom stereocenters. The van der Waals surface area contributed by atoms with Crippen molar-refractivity contribution in [2.45, 2.75) is 12.8 Å². The van der Waals surface area contributed by atoms with Crippen molar-refractivity contribution < 1.29 is 14.3 Å². The molecule has 1 amide bonds. The summed E-state index contributed by atoms with van der Waals surface area (Å²) >= 11 is 0. The van der Waals surface area contributed by atoms with Crippen molar-refractivity contribution in [3.63, 3.8) is 0 Å². The zero-order valence-corrected chi connectivity index (χ0v) is 13.5. The average Bonchev–Trinajstić information content (AvgIpc) is 3.16. The third kappa shape index (κ3) is 3.53. The number of aromatic nitrogens is 1. The minimum Gasteiger partial charge on any atom is -0.465 e. The zero-order valence-electron chi connectivity index (χ0n) is 13.5. The largest absolute Gasteiger partial charge is 0.465 e. The van der Waals surface area contributed by atoms with E-state index in [1.54, 1.807) is 36.5 Å². The van der Waals surface area contributed by atoms with E-state index in [-0.39, 0.29) is 11.9 Å². The van der Waals surface area contributed by atoms with E-state index in [1.807, 2.05) is 11.0 Å². The molecule has 6 nitrogen and oxygen atoms in total. The molecular formula is C18H19N3O3. The number of nitrogens with one attached hydrogen (secondary N) is 1. The number of carbonyl (C=O) groups excluding carboxylic acids is 2. The number of carbonyl (C=O) groups is 2. The number of amides is 1. The van der Waals surface area contributed by atoms with E-state index in [9.17, 15) is 9.59 Å². The molecule has 6 heteroatoms. The number of rotatable bonds is 4. The maximum absolute atomic E-state index is 12.3. The molecular weight excluding hydrogens is 306 g/mol. The van der Waals surface area contributed by atoms with Crippen LogP contribution < -0.4 is 5.32 Å². The van der Waals surface area contributed by atoms with Crippen molar-refractivity contribution in [2.24, 2.45) is 0 Å². The fourth-order valence-corrected chi connectivity index (χ4v) is 2.68. The second-order valence-electron chi connectivity index (χ2n) is 5.63. The quantitative estimate of drug-likeness (QED) is 0.875. The first-order valence-corrected chi connectivity index (χ1v) is 7.88. The summed E-state index contributed by atoms with van der Waals surface area (Å²) in [5, 5.41) is 3.16. The molecule has 1 aromatic heterocycles. The van der Waals surface area contributed by atoms with Crippen LogP contribution in [0.1, 0.15) is 33.7 Å². The number of hydrogen-bond acceptors (Lipinski definition) is 5. The van der Waals surface area contributed by atoms with Gasteiger partial charge in [-0.05, 0) is 43.2 Å². The summed E-state index contributed by atoms with van der Waals surface area (Å²) in [6.45, 7) is 1.61. The zero-order chi connectivity index (χ0) is 16.9. The van der Waals surface area contributed by atoms with Crippen molar-refractivity contribution in [3.8, 4) is 0 Å². The van der Waals surface area contributed by atoms with Crippen molar-refractivity contribution in [1.82, 2.24) is 9.88 Å². The molecule has 0 saturated carbocycles. The highest BCUT2D eigenvalue weighted by atomic mass is 16.5. The van der Waals surface area contributed by atoms with Crippen LogP contribution in [0.2, 0.25) is 0 Å². The minimum atomic E-state index is -0.386. The number of pyridine rings is 1. The third-order valence-electron chi connectivity index (χ3n) is 3.95. The van der Waals surface area contributed by atoms with Crippen LogP contribution in [0.5, 0.6) is 0 Å². The van der Waals surface area contributed by atoms with E-state index < -0.39 is 0 Å². The number of esters is 1. The first-order valence-electron chi connectivity index (χ1n) is 7.88. The summed E-state index contributed by atoms with van der Waals surface area (Å²) in [6, 6.07) is 10.5. The predicted molar refractivity (Wildman–Crippen MR) is 90.4 cm³/mol. The summed E-state index contributed by atoms with van der Waals surface area (Å²) in [5.74, 6) is -0.407. The summed E-state index contributed by atoms with van der Waals surface area (Å²) in [4.78, 5) is 29.9. The lowest BCUT2D eigenvalue weighted by Gasteiger charge is -2.14. The Morgan fingerprint density at radius 1 is 1.12 bits per heavy atom. The molecule has 24 heavy (non-hydrogen) atoms. The maximum atomic E-state index is 12.3. The van der Waals surface area contributed by atoms with E-state index in [4.69, 9.17) is 4.74 Å². The van der Waals surface area contributed by atoms with Gasteiger partial charge in [-0.25, -0.2) is 9.78 Å². The molecule has 124 valence electrons. The Labute approximate surface area is 140 Å². The van der Waals surface area contributed by atoms with E-state index in [0.29, 0.717) is 11.3 Å². The monoisotopic (exact) mass is 325 g/mol. The first kappa shape index (κ1) is 16.0. The normalized spacial score (nSPS) is 13.6. The molecule has 0 bridgehead atoms. The molecule has 0 radical (unpaired) electrons. The van der Waals surface area contributed by atoms with Crippen LogP contribution in [-0.4, -0.2) is 42.0 Å². The molecule has 0 atom stereocenters. The van der Waals surface area contributed by atoms with E-state index >= 15 is 0 Å². The molecule has 1 fully saturated rings. The first-order chi connectivity index (χ1) is 11.7. The smallest absolute Gasteiger partial charge is 0.337 e. The molecule has 0 aliphatic carbocycles. The Kier molecular flexibility index (Phi) is 4.74. The van der Waals surface area contributed by atoms with E-state index in [0.717, 1.165) is 37.3 Å². The van der Waals surface area contributed by atoms with E-state index in [2.05, 4.69) is 10.3 Å². The van der Waals surface area contributed by atoms with Crippen LogP contribution >= 0.6 is 0 Å². The average molecular weight is 325 g/mol. The molecule has 2 heterocycles. The number of likely N-dealkylation sites (tertiary alicyclic amines) is 1. The van der Waals surface area contributed by atoms with Crippen LogP contribution in [0.3, 0.4) is 0 Å². The Balaban J connectivity index is 1.70. The number of benzene rings is 1. The molecule has 1 aliphatic rings. The number of nitrogens with zero attached hydrogens (tertiary/aromatic N) is 2. The van der Waals surface area contributed by atoms with Gasteiger partial charge in [0.25, 0.3) is 5.91 Å². The summed E-state index contributed by atoms with van der Waals surface area (Å²) in [6.07, 6.45) is 3.73. The Morgan fingerprint density at radius 3 is 2.58 bits per heavy atom. The van der Waals surface area contributed by atoms with Crippen LogP contribution in [-0.2, 0) is 4.74 Å². The summed E-state index contributed by atoms with van der Waals surface area (Å²) in [7, 11) is 1.35. The van der Waals surface area contributed by atoms with Gasteiger partial charge < -0.3 is 15.0 Å². The molecule has 0 spiro atoms. The number of ether oxygens (including phenoxy) is 1. The standard InChI is InChI=1S/C18H19N3O3/c1-24-18(23)13-5-4-6-14(11-13)20-15-7-8-16(19-12-15)17(22)21-9-2-3-10-21/h4-8,11-12,20H,2-3,9-10H2,1H3. The lowest BCUT2D eigenvalue weighted by atomic mass is 10.2. The van der Waals surface area contributed by atoms with E-state index in [1.165, 1.54) is 7.11 Å². The van der Waals surface area contributed by atoms with Crippen LogP contribution in [0, 0.1) is 0 Å².